The lowest BCUT2D eigenvalue weighted by molar-refractivity contribution is 0.114. The van der Waals surface area contributed by atoms with Crippen molar-refractivity contribution >= 4 is 0 Å². The quantitative estimate of drug-likeness (QED) is 0.744. The maximum Gasteiger partial charge on any atom is 0.0153 e. The minimum Gasteiger partial charge on any atom is -0.319 e. The highest BCUT2D eigenvalue weighted by molar-refractivity contribution is 4.90. The summed E-state index contributed by atoms with van der Waals surface area (Å²) in [6, 6.07) is 0. The Morgan fingerprint density at radius 1 is 1.36 bits per heavy atom. The molecule has 0 amide bonds. The average Bonchev–Trinajstić information content (AvgIpc) is 2.29. The molecule has 84 valence electrons. The van der Waals surface area contributed by atoms with Gasteiger partial charge < -0.3 is 5.32 Å². The number of hydrogen-bond acceptors (Lipinski definition) is 2. The molecule has 2 nitrogen and oxygen atoms in total. The van der Waals surface area contributed by atoms with Crippen LogP contribution in [0.5, 0.6) is 0 Å². The van der Waals surface area contributed by atoms with E-state index in [9.17, 15) is 0 Å². The van der Waals surface area contributed by atoms with E-state index in [1.54, 1.807) is 0 Å². The van der Waals surface area contributed by atoms with Gasteiger partial charge in [0.25, 0.3) is 0 Å². The van der Waals surface area contributed by atoms with Crippen molar-refractivity contribution in [2.75, 3.05) is 26.7 Å². The predicted octanol–water partition coefficient (Wildman–Crippen LogP) is 2.11. The molecule has 0 aromatic rings. The third-order valence-electron chi connectivity index (χ3n) is 3.35. The predicted molar refractivity (Wildman–Crippen MR) is 62.6 cm³/mol. The molecule has 1 fully saturated rings. The van der Waals surface area contributed by atoms with Crippen molar-refractivity contribution in [3.63, 3.8) is 0 Å². The first-order valence-electron chi connectivity index (χ1n) is 5.77. The van der Waals surface area contributed by atoms with Gasteiger partial charge in [-0.3, -0.25) is 4.90 Å². The number of nitrogens with zero attached hydrogens (tertiary/aromatic N) is 1. The molecule has 0 aromatic heterocycles. The largest absolute Gasteiger partial charge is 0.319 e. The summed E-state index contributed by atoms with van der Waals surface area (Å²) >= 11 is 0. The Bertz CT molecular complexity index is 185. The first kappa shape index (κ1) is 12.0. The Hall–Kier alpha value is -0.0800. The molecule has 1 aliphatic heterocycles. The summed E-state index contributed by atoms with van der Waals surface area (Å²) in [5.41, 5.74) is 0.807. The second-order valence-corrected chi connectivity index (χ2v) is 6.03. The smallest absolute Gasteiger partial charge is 0.0153 e. The summed E-state index contributed by atoms with van der Waals surface area (Å²) in [7, 11) is 2.04. The molecule has 1 rings (SSSR count). The van der Waals surface area contributed by atoms with Crippen molar-refractivity contribution < 1.29 is 0 Å². The van der Waals surface area contributed by atoms with E-state index in [0.717, 1.165) is 6.54 Å². The maximum atomic E-state index is 3.28. The van der Waals surface area contributed by atoms with Crippen molar-refractivity contribution in [1.82, 2.24) is 10.2 Å². The van der Waals surface area contributed by atoms with Gasteiger partial charge in [0.1, 0.15) is 0 Å². The number of nitrogens with one attached hydrogen (secondary N) is 1. The third kappa shape index (κ3) is 2.96. The van der Waals surface area contributed by atoms with E-state index in [0.29, 0.717) is 11.0 Å². The van der Waals surface area contributed by atoms with E-state index >= 15 is 0 Å². The van der Waals surface area contributed by atoms with Crippen LogP contribution >= 0.6 is 0 Å². The number of likely N-dealkylation sites (tertiary alicyclic amines) is 1. The minimum atomic E-state index is 0.385. The molecule has 0 spiro atoms. The molecule has 0 aliphatic carbocycles. The van der Waals surface area contributed by atoms with E-state index in [1.165, 1.54) is 25.9 Å². The molecule has 1 aliphatic rings. The van der Waals surface area contributed by atoms with Crippen molar-refractivity contribution in [3.05, 3.63) is 0 Å². The molecule has 2 heteroatoms. The Kier molecular flexibility index (Phi) is 3.59. The standard InChI is InChI=1S/C12H26N2/c1-11(2,9-13-5)10-14-8-6-7-12(14,3)4/h13H,6-10H2,1-5H3. The van der Waals surface area contributed by atoms with Crippen LogP contribution < -0.4 is 5.32 Å². The molecule has 1 N–H and O–H groups in total. The van der Waals surface area contributed by atoms with Crippen LogP contribution in [0.3, 0.4) is 0 Å². The molecular weight excluding hydrogens is 172 g/mol. The van der Waals surface area contributed by atoms with Gasteiger partial charge in [-0.25, -0.2) is 0 Å². The fraction of sp³-hybridized carbons (Fsp3) is 1.00. The maximum absolute atomic E-state index is 3.28. The lowest BCUT2D eigenvalue weighted by Gasteiger charge is -2.38. The Morgan fingerprint density at radius 2 is 2.00 bits per heavy atom. The Labute approximate surface area is 89.1 Å². The molecule has 1 heterocycles. The first-order valence-corrected chi connectivity index (χ1v) is 5.77. The van der Waals surface area contributed by atoms with Gasteiger partial charge in [-0.05, 0) is 45.7 Å². The fourth-order valence-electron chi connectivity index (χ4n) is 2.51. The first-order chi connectivity index (χ1) is 6.37. The van der Waals surface area contributed by atoms with E-state index in [2.05, 4.69) is 37.9 Å². The van der Waals surface area contributed by atoms with Gasteiger partial charge in [0.05, 0.1) is 0 Å². The van der Waals surface area contributed by atoms with Crippen molar-refractivity contribution in [2.45, 2.75) is 46.1 Å². The monoisotopic (exact) mass is 198 g/mol. The molecule has 0 aromatic carbocycles. The zero-order valence-electron chi connectivity index (χ0n) is 10.5. The third-order valence-corrected chi connectivity index (χ3v) is 3.35. The molecule has 0 bridgehead atoms. The van der Waals surface area contributed by atoms with Gasteiger partial charge in [0, 0.05) is 18.6 Å². The van der Waals surface area contributed by atoms with Gasteiger partial charge in [-0.2, -0.15) is 0 Å². The molecule has 1 saturated heterocycles. The SMILES string of the molecule is CNCC(C)(C)CN1CCCC1(C)C. The van der Waals surface area contributed by atoms with Crippen LogP contribution in [0.15, 0.2) is 0 Å². The summed E-state index contributed by atoms with van der Waals surface area (Å²) < 4.78 is 0. The normalized spacial score (nSPS) is 22.9. The van der Waals surface area contributed by atoms with Crippen LogP contribution in [-0.2, 0) is 0 Å². The van der Waals surface area contributed by atoms with Gasteiger partial charge >= 0.3 is 0 Å². The fourth-order valence-corrected chi connectivity index (χ4v) is 2.51. The van der Waals surface area contributed by atoms with Crippen LogP contribution in [-0.4, -0.2) is 37.1 Å². The Morgan fingerprint density at radius 3 is 2.43 bits per heavy atom. The summed E-state index contributed by atoms with van der Waals surface area (Å²) in [6.45, 7) is 13.0. The van der Waals surface area contributed by atoms with Crippen LogP contribution in [0.4, 0.5) is 0 Å². The molecule has 0 atom stereocenters. The van der Waals surface area contributed by atoms with Crippen LogP contribution in [0.25, 0.3) is 0 Å². The summed E-state index contributed by atoms with van der Waals surface area (Å²) in [5.74, 6) is 0. The molecule has 14 heavy (non-hydrogen) atoms. The highest BCUT2D eigenvalue weighted by Gasteiger charge is 2.34. The van der Waals surface area contributed by atoms with Crippen LogP contribution in [0.2, 0.25) is 0 Å². The summed E-state index contributed by atoms with van der Waals surface area (Å²) in [5, 5.41) is 3.28. The lowest BCUT2D eigenvalue weighted by Crippen LogP contribution is -2.46. The number of rotatable bonds is 4. The van der Waals surface area contributed by atoms with Crippen LogP contribution in [0, 0.1) is 5.41 Å². The molecular formula is C12H26N2. The second-order valence-electron chi connectivity index (χ2n) is 6.03. The van der Waals surface area contributed by atoms with Crippen molar-refractivity contribution in [2.24, 2.45) is 5.41 Å². The zero-order valence-corrected chi connectivity index (χ0v) is 10.5. The molecule has 0 radical (unpaired) electrons. The number of hydrogen-bond donors (Lipinski definition) is 1. The van der Waals surface area contributed by atoms with Gasteiger partial charge in [0.15, 0.2) is 0 Å². The van der Waals surface area contributed by atoms with Crippen molar-refractivity contribution in [1.29, 1.82) is 0 Å². The highest BCUT2D eigenvalue weighted by Crippen LogP contribution is 2.31. The zero-order chi connectivity index (χ0) is 10.8. The van der Waals surface area contributed by atoms with Gasteiger partial charge in [0.2, 0.25) is 0 Å². The van der Waals surface area contributed by atoms with E-state index < -0.39 is 0 Å². The summed E-state index contributed by atoms with van der Waals surface area (Å²) in [4.78, 5) is 2.64. The summed E-state index contributed by atoms with van der Waals surface area (Å²) in [6.07, 6.45) is 2.71. The Balaban J connectivity index is 2.51. The van der Waals surface area contributed by atoms with Gasteiger partial charge in [-0.1, -0.05) is 13.8 Å². The molecule has 0 saturated carbocycles. The second kappa shape index (κ2) is 4.19. The van der Waals surface area contributed by atoms with E-state index in [-0.39, 0.29) is 0 Å². The van der Waals surface area contributed by atoms with Gasteiger partial charge in [-0.15, -0.1) is 0 Å². The minimum absolute atomic E-state index is 0.385. The highest BCUT2D eigenvalue weighted by atomic mass is 15.2. The van der Waals surface area contributed by atoms with Crippen LogP contribution in [0.1, 0.15) is 40.5 Å². The van der Waals surface area contributed by atoms with Crippen molar-refractivity contribution in [3.8, 4) is 0 Å². The average molecular weight is 198 g/mol. The topological polar surface area (TPSA) is 15.3 Å². The lowest BCUT2D eigenvalue weighted by atomic mass is 9.91. The van der Waals surface area contributed by atoms with E-state index in [1.807, 2.05) is 7.05 Å². The van der Waals surface area contributed by atoms with E-state index in [4.69, 9.17) is 0 Å². The molecule has 0 unspecified atom stereocenters.